The summed E-state index contributed by atoms with van der Waals surface area (Å²) >= 11 is 2.38. The number of ether oxygens (including phenoxy) is 1. The van der Waals surface area contributed by atoms with Crippen LogP contribution in [0.15, 0.2) is 32.6 Å². The SMILES string of the molecule is COC(=O)CSC1=C(C#N)C(=O)N[C@H](c2ccco2)S1. The van der Waals surface area contributed by atoms with E-state index in [1.807, 2.05) is 6.07 Å². The van der Waals surface area contributed by atoms with E-state index < -0.39 is 17.3 Å². The Morgan fingerprint density at radius 1 is 1.70 bits per heavy atom. The number of esters is 1. The molecule has 1 aromatic rings. The minimum absolute atomic E-state index is 0.00621. The third-order valence-corrected chi connectivity index (χ3v) is 4.87. The lowest BCUT2D eigenvalue weighted by Gasteiger charge is -2.23. The van der Waals surface area contributed by atoms with Gasteiger partial charge in [-0.15, -0.1) is 11.8 Å². The fourth-order valence-corrected chi connectivity index (χ4v) is 3.71. The largest absolute Gasteiger partial charge is 0.468 e. The summed E-state index contributed by atoms with van der Waals surface area (Å²) < 4.78 is 10.3. The van der Waals surface area contributed by atoms with E-state index in [0.29, 0.717) is 10.00 Å². The second-order valence-electron chi connectivity index (χ2n) is 3.63. The first-order chi connectivity index (χ1) is 9.65. The molecule has 1 atom stereocenters. The Balaban J connectivity index is 2.18. The maximum Gasteiger partial charge on any atom is 0.316 e. The number of methoxy groups -OCH3 is 1. The van der Waals surface area contributed by atoms with Gasteiger partial charge >= 0.3 is 5.97 Å². The molecule has 0 bridgehead atoms. The molecule has 2 rings (SSSR count). The van der Waals surface area contributed by atoms with Gasteiger partial charge in [-0.05, 0) is 12.1 Å². The molecule has 104 valence electrons. The van der Waals surface area contributed by atoms with Crippen LogP contribution in [0.2, 0.25) is 0 Å². The lowest BCUT2D eigenvalue weighted by molar-refractivity contribution is -0.137. The quantitative estimate of drug-likeness (QED) is 0.847. The first-order valence-corrected chi connectivity index (χ1v) is 7.37. The highest BCUT2D eigenvalue weighted by Crippen LogP contribution is 2.43. The highest BCUT2D eigenvalue weighted by Gasteiger charge is 2.30. The van der Waals surface area contributed by atoms with Crippen LogP contribution in [0.25, 0.3) is 0 Å². The molecule has 0 fully saturated rings. The molecule has 0 aromatic carbocycles. The Kier molecular flexibility index (Phi) is 4.76. The Morgan fingerprint density at radius 2 is 2.50 bits per heavy atom. The van der Waals surface area contributed by atoms with Gasteiger partial charge in [-0.1, -0.05) is 11.8 Å². The van der Waals surface area contributed by atoms with Crippen molar-refractivity contribution in [2.45, 2.75) is 5.37 Å². The van der Waals surface area contributed by atoms with E-state index in [4.69, 9.17) is 9.68 Å². The molecular formula is C12H10N2O4S2. The maximum atomic E-state index is 11.9. The van der Waals surface area contributed by atoms with E-state index in [1.165, 1.54) is 25.1 Å². The number of nitrogens with zero attached hydrogens (tertiary/aromatic N) is 1. The van der Waals surface area contributed by atoms with Gasteiger partial charge in [-0.2, -0.15) is 5.26 Å². The smallest absolute Gasteiger partial charge is 0.316 e. The van der Waals surface area contributed by atoms with E-state index >= 15 is 0 Å². The van der Waals surface area contributed by atoms with Crippen molar-refractivity contribution in [1.82, 2.24) is 5.32 Å². The van der Waals surface area contributed by atoms with Gasteiger partial charge in [0.2, 0.25) is 0 Å². The average Bonchev–Trinajstić information content (AvgIpc) is 2.98. The summed E-state index contributed by atoms with van der Waals surface area (Å²) in [7, 11) is 1.29. The molecule has 0 aliphatic carbocycles. The molecule has 6 nitrogen and oxygen atoms in total. The van der Waals surface area contributed by atoms with Crippen LogP contribution in [0.1, 0.15) is 11.1 Å². The molecule has 8 heteroatoms. The van der Waals surface area contributed by atoms with Crippen molar-refractivity contribution in [1.29, 1.82) is 5.26 Å². The number of hydrogen-bond acceptors (Lipinski definition) is 7. The number of thioether (sulfide) groups is 2. The van der Waals surface area contributed by atoms with Crippen LogP contribution in [-0.4, -0.2) is 24.7 Å². The van der Waals surface area contributed by atoms with Crippen LogP contribution >= 0.6 is 23.5 Å². The summed E-state index contributed by atoms with van der Waals surface area (Å²) in [5, 5.41) is 11.3. The fraction of sp³-hybridized carbons (Fsp3) is 0.250. The Hall–Kier alpha value is -1.85. The number of nitrogens with one attached hydrogen (secondary N) is 1. The number of hydrogen-bond donors (Lipinski definition) is 1. The van der Waals surface area contributed by atoms with E-state index in [1.54, 1.807) is 12.1 Å². The van der Waals surface area contributed by atoms with Crippen LogP contribution in [-0.2, 0) is 14.3 Å². The number of furan rings is 1. The van der Waals surface area contributed by atoms with Crippen molar-refractivity contribution < 1.29 is 18.7 Å². The Morgan fingerprint density at radius 3 is 3.10 bits per heavy atom. The highest BCUT2D eigenvalue weighted by atomic mass is 32.2. The molecule has 1 N–H and O–H groups in total. The average molecular weight is 310 g/mol. The van der Waals surface area contributed by atoms with Crippen LogP contribution in [0.3, 0.4) is 0 Å². The first kappa shape index (κ1) is 14.6. The van der Waals surface area contributed by atoms with Gasteiger partial charge in [0.05, 0.1) is 23.4 Å². The van der Waals surface area contributed by atoms with Gasteiger partial charge in [-0.25, -0.2) is 0 Å². The van der Waals surface area contributed by atoms with Crippen molar-refractivity contribution in [3.05, 3.63) is 34.0 Å². The van der Waals surface area contributed by atoms with Gasteiger partial charge in [-0.3, -0.25) is 9.59 Å². The maximum absolute atomic E-state index is 11.9. The molecule has 0 saturated carbocycles. The topological polar surface area (TPSA) is 92.3 Å². The van der Waals surface area contributed by atoms with Crippen LogP contribution in [0, 0.1) is 11.3 Å². The lowest BCUT2D eigenvalue weighted by atomic mass is 10.3. The third-order valence-electron chi connectivity index (χ3n) is 2.38. The normalized spacial score (nSPS) is 18.4. The second-order valence-corrected chi connectivity index (χ2v) is 5.99. The summed E-state index contributed by atoms with van der Waals surface area (Å²) in [6.07, 6.45) is 1.51. The van der Waals surface area contributed by atoms with Crippen LogP contribution < -0.4 is 5.32 Å². The summed E-state index contributed by atoms with van der Waals surface area (Å²) in [6, 6.07) is 5.30. The van der Waals surface area contributed by atoms with Crippen molar-refractivity contribution in [3.8, 4) is 6.07 Å². The molecule has 20 heavy (non-hydrogen) atoms. The monoisotopic (exact) mass is 310 g/mol. The van der Waals surface area contributed by atoms with E-state index in [9.17, 15) is 9.59 Å². The van der Waals surface area contributed by atoms with Gasteiger partial charge in [0.15, 0.2) is 0 Å². The predicted octanol–water partition coefficient (Wildman–Crippen LogP) is 1.78. The molecule has 1 aromatic heterocycles. The van der Waals surface area contributed by atoms with Gasteiger partial charge in [0.25, 0.3) is 5.91 Å². The molecule has 1 aliphatic heterocycles. The van der Waals surface area contributed by atoms with Gasteiger partial charge in [0.1, 0.15) is 22.8 Å². The lowest BCUT2D eigenvalue weighted by Crippen LogP contribution is -2.31. The minimum atomic E-state index is -0.472. The van der Waals surface area contributed by atoms with Crippen molar-refractivity contribution in [3.63, 3.8) is 0 Å². The number of amides is 1. The van der Waals surface area contributed by atoms with E-state index in [0.717, 1.165) is 11.8 Å². The molecule has 1 aliphatic rings. The molecule has 0 unspecified atom stereocenters. The molecule has 1 amide bonds. The zero-order valence-corrected chi connectivity index (χ0v) is 12.0. The summed E-state index contributed by atoms with van der Waals surface area (Å²) in [4.78, 5) is 23.0. The standard InChI is InChI=1S/C12H10N2O4S2/c1-17-9(15)6-19-12-7(5-13)10(16)14-11(20-12)8-3-2-4-18-8/h2-4,11H,6H2,1H3,(H,14,16)/t11-/m0/s1. The summed E-state index contributed by atoms with van der Waals surface area (Å²) in [5.74, 6) is -0.264. The zero-order chi connectivity index (χ0) is 14.5. The predicted molar refractivity (Wildman–Crippen MR) is 74.3 cm³/mol. The molecule has 0 radical (unpaired) electrons. The second kappa shape index (κ2) is 6.54. The summed E-state index contributed by atoms with van der Waals surface area (Å²) in [6.45, 7) is 0. The highest BCUT2D eigenvalue weighted by molar-refractivity contribution is 8.22. The molecule has 0 spiro atoms. The molecular weight excluding hydrogens is 300 g/mol. The summed E-state index contributed by atoms with van der Waals surface area (Å²) in [5.41, 5.74) is 0.00621. The zero-order valence-electron chi connectivity index (χ0n) is 10.4. The molecule has 2 heterocycles. The van der Waals surface area contributed by atoms with Crippen molar-refractivity contribution in [2.75, 3.05) is 12.9 Å². The molecule has 0 saturated heterocycles. The van der Waals surface area contributed by atoms with Crippen molar-refractivity contribution >= 4 is 35.4 Å². The van der Waals surface area contributed by atoms with E-state index in [-0.39, 0.29) is 11.3 Å². The van der Waals surface area contributed by atoms with Gasteiger partial charge < -0.3 is 14.5 Å². The number of rotatable bonds is 4. The number of carbonyl (C=O) groups excluding carboxylic acids is 2. The number of nitriles is 1. The Labute approximate surface area is 123 Å². The van der Waals surface area contributed by atoms with Crippen LogP contribution in [0.5, 0.6) is 0 Å². The van der Waals surface area contributed by atoms with Gasteiger partial charge in [0, 0.05) is 0 Å². The van der Waals surface area contributed by atoms with Crippen molar-refractivity contribution in [2.24, 2.45) is 0 Å². The minimum Gasteiger partial charge on any atom is -0.468 e. The van der Waals surface area contributed by atoms with E-state index in [2.05, 4.69) is 10.1 Å². The Bertz CT molecular complexity index is 589. The van der Waals surface area contributed by atoms with Crippen LogP contribution in [0.4, 0.5) is 0 Å². The first-order valence-electron chi connectivity index (χ1n) is 5.50. The number of carbonyl (C=O) groups is 2. The fourth-order valence-electron chi connectivity index (χ4n) is 1.44. The third kappa shape index (κ3) is 3.18.